The lowest BCUT2D eigenvalue weighted by molar-refractivity contribution is 0.0854. The molecule has 0 aliphatic heterocycles. The van der Waals surface area contributed by atoms with Crippen molar-refractivity contribution in [3.05, 3.63) is 5.28 Å². The standard InChI is InChI=1S/C8H14ClN5O/c1-3-15-5(2)4-11-8-13-6(9)12-7(10)14-8/h5H,3-4H2,1-2H3,(H3,10,11,12,13,14). The topological polar surface area (TPSA) is 86.0 Å². The number of anilines is 2. The predicted molar refractivity (Wildman–Crippen MR) is 58.8 cm³/mol. The van der Waals surface area contributed by atoms with Crippen LogP contribution >= 0.6 is 11.6 Å². The quantitative estimate of drug-likeness (QED) is 0.785. The number of nitrogens with zero attached hydrogens (tertiary/aromatic N) is 3. The molecule has 0 aromatic carbocycles. The molecule has 0 spiro atoms. The van der Waals surface area contributed by atoms with Crippen LogP contribution in [-0.2, 0) is 4.74 Å². The van der Waals surface area contributed by atoms with Gasteiger partial charge in [0.25, 0.3) is 0 Å². The van der Waals surface area contributed by atoms with Crippen molar-refractivity contribution in [1.82, 2.24) is 15.0 Å². The minimum atomic E-state index is 0.0757. The SMILES string of the molecule is CCOC(C)CNc1nc(N)nc(Cl)n1. The fourth-order valence-corrected chi connectivity index (χ4v) is 1.19. The van der Waals surface area contributed by atoms with Gasteiger partial charge in [0.05, 0.1) is 6.10 Å². The third kappa shape index (κ3) is 4.26. The zero-order valence-electron chi connectivity index (χ0n) is 8.70. The largest absolute Gasteiger partial charge is 0.377 e. The van der Waals surface area contributed by atoms with Crippen LogP contribution in [0.2, 0.25) is 5.28 Å². The molecule has 0 saturated carbocycles. The molecule has 0 saturated heterocycles. The van der Waals surface area contributed by atoms with E-state index in [-0.39, 0.29) is 17.3 Å². The van der Waals surface area contributed by atoms with E-state index in [9.17, 15) is 0 Å². The van der Waals surface area contributed by atoms with E-state index in [2.05, 4.69) is 20.3 Å². The number of hydrogen-bond donors (Lipinski definition) is 2. The fraction of sp³-hybridized carbons (Fsp3) is 0.625. The Morgan fingerprint density at radius 3 is 2.80 bits per heavy atom. The Hall–Kier alpha value is -1.14. The summed E-state index contributed by atoms with van der Waals surface area (Å²) in [6, 6.07) is 0. The normalized spacial score (nSPS) is 12.5. The molecule has 1 rings (SSSR count). The van der Waals surface area contributed by atoms with Crippen molar-refractivity contribution in [2.45, 2.75) is 20.0 Å². The molecule has 1 atom stereocenters. The summed E-state index contributed by atoms with van der Waals surface area (Å²) in [4.78, 5) is 11.4. The Balaban J connectivity index is 2.50. The Labute approximate surface area is 93.2 Å². The molecule has 1 aromatic rings. The number of aromatic nitrogens is 3. The van der Waals surface area contributed by atoms with Crippen molar-refractivity contribution in [2.24, 2.45) is 0 Å². The van der Waals surface area contributed by atoms with E-state index >= 15 is 0 Å². The number of halogens is 1. The van der Waals surface area contributed by atoms with Crippen LogP contribution in [0.15, 0.2) is 0 Å². The summed E-state index contributed by atoms with van der Waals surface area (Å²) in [5.74, 6) is 0.459. The molecule has 6 nitrogen and oxygen atoms in total. The van der Waals surface area contributed by atoms with Crippen LogP contribution in [0.3, 0.4) is 0 Å². The summed E-state index contributed by atoms with van der Waals surface area (Å²) in [6.45, 7) is 5.15. The Bertz CT molecular complexity index is 302. The molecular formula is C8H14ClN5O. The van der Waals surface area contributed by atoms with Gasteiger partial charge in [-0.25, -0.2) is 0 Å². The van der Waals surface area contributed by atoms with Gasteiger partial charge in [-0.2, -0.15) is 15.0 Å². The van der Waals surface area contributed by atoms with Gasteiger partial charge in [-0.1, -0.05) is 0 Å². The number of nitrogens with one attached hydrogen (secondary N) is 1. The summed E-state index contributed by atoms with van der Waals surface area (Å²) < 4.78 is 5.33. The Kier molecular flexibility index (Phi) is 4.51. The molecule has 1 heterocycles. The van der Waals surface area contributed by atoms with Crippen LogP contribution in [0.1, 0.15) is 13.8 Å². The lowest BCUT2D eigenvalue weighted by Crippen LogP contribution is -2.21. The maximum atomic E-state index is 5.61. The van der Waals surface area contributed by atoms with Crippen LogP contribution in [0.25, 0.3) is 0 Å². The van der Waals surface area contributed by atoms with Gasteiger partial charge in [0.2, 0.25) is 17.2 Å². The average molecular weight is 232 g/mol. The summed E-state index contributed by atoms with van der Waals surface area (Å²) in [5.41, 5.74) is 5.41. The second-order valence-corrected chi connectivity index (χ2v) is 3.27. The van der Waals surface area contributed by atoms with Crippen molar-refractivity contribution in [3.8, 4) is 0 Å². The monoisotopic (exact) mass is 231 g/mol. The molecule has 0 aliphatic rings. The van der Waals surface area contributed by atoms with Crippen LogP contribution in [0, 0.1) is 0 Å². The number of rotatable bonds is 5. The highest BCUT2D eigenvalue weighted by Gasteiger charge is 2.04. The van der Waals surface area contributed by atoms with Crippen molar-refractivity contribution in [3.63, 3.8) is 0 Å². The Morgan fingerprint density at radius 2 is 2.20 bits per heavy atom. The van der Waals surface area contributed by atoms with Gasteiger partial charge in [0, 0.05) is 13.2 Å². The van der Waals surface area contributed by atoms with E-state index in [4.69, 9.17) is 22.1 Å². The highest BCUT2D eigenvalue weighted by Crippen LogP contribution is 2.06. The first-order valence-electron chi connectivity index (χ1n) is 4.64. The summed E-state index contributed by atoms with van der Waals surface area (Å²) >= 11 is 5.61. The van der Waals surface area contributed by atoms with Gasteiger partial charge < -0.3 is 15.8 Å². The highest BCUT2D eigenvalue weighted by molar-refractivity contribution is 6.28. The highest BCUT2D eigenvalue weighted by atomic mass is 35.5. The molecule has 3 N–H and O–H groups in total. The summed E-state index contributed by atoms with van der Waals surface area (Å²) in [6.07, 6.45) is 0.0757. The van der Waals surface area contributed by atoms with E-state index < -0.39 is 0 Å². The van der Waals surface area contributed by atoms with Gasteiger partial charge in [0.1, 0.15) is 0 Å². The molecule has 0 radical (unpaired) electrons. The zero-order chi connectivity index (χ0) is 11.3. The van der Waals surface area contributed by atoms with E-state index in [0.29, 0.717) is 19.1 Å². The minimum absolute atomic E-state index is 0.0757. The van der Waals surface area contributed by atoms with Crippen molar-refractivity contribution < 1.29 is 4.74 Å². The minimum Gasteiger partial charge on any atom is -0.377 e. The lowest BCUT2D eigenvalue weighted by Gasteiger charge is -2.12. The number of nitrogen functional groups attached to an aromatic ring is 1. The maximum absolute atomic E-state index is 5.61. The van der Waals surface area contributed by atoms with E-state index in [1.807, 2.05) is 13.8 Å². The van der Waals surface area contributed by atoms with Gasteiger partial charge in [-0.15, -0.1) is 0 Å². The van der Waals surface area contributed by atoms with Crippen LogP contribution < -0.4 is 11.1 Å². The van der Waals surface area contributed by atoms with Crippen molar-refractivity contribution in [2.75, 3.05) is 24.2 Å². The molecule has 1 unspecified atom stereocenters. The Morgan fingerprint density at radius 1 is 1.47 bits per heavy atom. The molecule has 0 amide bonds. The second-order valence-electron chi connectivity index (χ2n) is 2.93. The molecule has 0 fully saturated rings. The smallest absolute Gasteiger partial charge is 0.228 e. The predicted octanol–water partition coefficient (Wildman–Crippen LogP) is 0.944. The first-order chi connectivity index (χ1) is 7.11. The first kappa shape index (κ1) is 11.9. The number of ether oxygens (including phenoxy) is 1. The number of nitrogens with two attached hydrogens (primary N) is 1. The van der Waals surface area contributed by atoms with Gasteiger partial charge in [-0.05, 0) is 25.4 Å². The van der Waals surface area contributed by atoms with Crippen molar-refractivity contribution >= 4 is 23.5 Å². The van der Waals surface area contributed by atoms with Crippen LogP contribution in [0.4, 0.5) is 11.9 Å². The fourth-order valence-electron chi connectivity index (χ4n) is 1.02. The van der Waals surface area contributed by atoms with Crippen LogP contribution in [-0.4, -0.2) is 34.2 Å². The van der Waals surface area contributed by atoms with E-state index in [0.717, 1.165) is 0 Å². The molecule has 84 valence electrons. The van der Waals surface area contributed by atoms with E-state index in [1.54, 1.807) is 0 Å². The zero-order valence-corrected chi connectivity index (χ0v) is 9.45. The lowest BCUT2D eigenvalue weighted by atomic mass is 10.4. The second kappa shape index (κ2) is 5.67. The van der Waals surface area contributed by atoms with Gasteiger partial charge in [0.15, 0.2) is 0 Å². The third-order valence-electron chi connectivity index (χ3n) is 1.62. The first-order valence-corrected chi connectivity index (χ1v) is 5.02. The molecule has 15 heavy (non-hydrogen) atoms. The van der Waals surface area contributed by atoms with Crippen molar-refractivity contribution in [1.29, 1.82) is 0 Å². The average Bonchev–Trinajstić information content (AvgIpc) is 2.14. The molecule has 7 heteroatoms. The summed E-state index contributed by atoms with van der Waals surface area (Å²) in [5, 5.41) is 3.04. The van der Waals surface area contributed by atoms with E-state index in [1.165, 1.54) is 0 Å². The maximum Gasteiger partial charge on any atom is 0.228 e. The molecular weight excluding hydrogens is 218 g/mol. The molecule has 0 bridgehead atoms. The summed E-state index contributed by atoms with van der Waals surface area (Å²) in [7, 11) is 0. The van der Waals surface area contributed by atoms with Crippen LogP contribution in [0.5, 0.6) is 0 Å². The molecule has 0 aliphatic carbocycles. The number of hydrogen-bond acceptors (Lipinski definition) is 6. The van der Waals surface area contributed by atoms with Gasteiger partial charge >= 0.3 is 0 Å². The van der Waals surface area contributed by atoms with Gasteiger partial charge in [-0.3, -0.25) is 0 Å². The third-order valence-corrected chi connectivity index (χ3v) is 1.79. The molecule has 1 aromatic heterocycles.